The van der Waals surface area contributed by atoms with Gasteiger partial charge in [0.25, 0.3) is 0 Å². The Hall–Kier alpha value is -0.790. The quantitative estimate of drug-likeness (QED) is 0.593. The summed E-state index contributed by atoms with van der Waals surface area (Å²) in [6, 6.07) is 0. The predicted octanol–water partition coefficient (Wildman–Crippen LogP) is 1.87. The zero-order valence-corrected chi connectivity index (χ0v) is 8.11. The third-order valence-corrected chi connectivity index (χ3v) is 2.77. The van der Waals surface area contributed by atoms with Gasteiger partial charge < -0.3 is 5.32 Å². The van der Waals surface area contributed by atoms with Crippen molar-refractivity contribution < 1.29 is 4.79 Å². The molecule has 1 rings (SSSR count). The van der Waals surface area contributed by atoms with Crippen LogP contribution in [0.25, 0.3) is 0 Å². The SMILES string of the molecule is CNC(=O)C1CCC(C)=C(C)C1. The normalized spacial score (nSPS) is 24.1. The summed E-state index contributed by atoms with van der Waals surface area (Å²) in [5.74, 6) is 0.417. The van der Waals surface area contributed by atoms with Crippen LogP contribution in [-0.2, 0) is 4.79 Å². The van der Waals surface area contributed by atoms with Gasteiger partial charge in [-0.05, 0) is 33.1 Å². The van der Waals surface area contributed by atoms with E-state index in [1.165, 1.54) is 11.1 Å². The average Bonchev–Trinajstić information content (AvgIpc) is 2.08. The van der Waals surface area contributed by atoms with Gasteiger partial charge in [-0.25, -0.2) is 0 Å². The maximum atomic E-state index is 11.3. The Labute approximate surface area is 74.0 Å². The molecule has 1 aliphatic carbocycles. The largest absolute Gasteiger partial charge is 0.359 e. The van der Waals surface area contributed by atoms with E-state index < -0.39 is 0 Å². The van der Waals surface area contributed by atoms with E-state index in [4.69, 9.17) is 0 Å². The highest BCUT2D eigenvalue weighted by Gasteiger charge is 2.21. The van der Waals surface area contributed by atoms with Crippen molar-refractivity contribution in [3.05, 3.63) is 11.1 Å². The third-order valence-electron chi connectivity index (χ3n) is 2.77. The highest BCUT2D eigenvalue weighted by atomic mass is 16.1. The summed E-state index contributed by atoms with van der Waals surface area (Å²) in [6.45, 7) is 4.29. The summed E-state index contributed by atoms with van der Waals surface area (Å²) in [7, 11) is 1.71. The van der Waals surface area contributed by atoms with E-state index in [2.05, 4.69) is 19.2 Å². The molecule has 1 aliphatic rings. The first-order valence-corrected chi connectivity index (χ1v) is 4.52. The Morgan fingerprint density at radius 1 is 1.42 bits per heavy atom. The number of rotatable bonds is 1. The van der Waals surface area contributed by atoms with Crippen LogP contribution in [0.4, 0.5) is 0 Å². The van der Waals surface area contributed by atoms with Crippen molar-refractivity contribution in [2.24, 2.45) is 5.92 Å². The van der Waals surface area contributed by atoms with Crippen LogP contribution in [0.5, 0.6) is 0 Å². The van der Waals surface area contributed by atoms with E-state index in [0.717, 1.165) is 19.3 Å². The lowest BCUT2D eigenvalue weighted by molar-refractivity contribution is -0.124. The number of hydrogen-bond acceptors (Lipinski definition) is 1. The molecule has 1 amide bonds. The van der Waals surface area contributed by atoms with Gasteiger partial charge in [-0.15, -0.1) is 0 Å². The molecule has 1 N–H and O–H groups in total. The zero-order valence-electron chi connectivity index (χ0n) is 8.11. The molecule has 0 heterocycles. The Bertz CT molecular complexity index is 218. The van der Waals surface area contributed by atoms with Gasteiger partial charge >= 0.3 is 0 Å². The van der Waals surface area contributed by atoms with Gasteiger partial charge in [0.15, 0.2) is 0 Å². The Morgan fingerprint density at radius 2 is 2.08 bits per heavy atom. The van der Waals surface area contributed by atoms with Crippen molar-refractivity contribution in [1.82, 2.24) is 5.32 Å². The number of hydrogen-bond donors (Lipinski definition) is 1. The smallest absolute Gasteiger partial charge is 0.223 e. The molecule has 2 heteroatoms. The monoisotopic (exact) mass is 167 g/mol. The number of carbonyl (C=O) groups is 1. The van der Waals surface area contributed by atoms with Gasteiger partial charge in [0.2, 0.25) is 5.91 Å². The number of allylic oxidation sites excluding steroid dienone is 2. The Balaban J connectivity index is 2.60. The summed E-state index contributed by atoms with van der Waals surface area (Å²) < 4.78 is 0. The molecule has 2 nitrogen and oxygen atoms in total. The van der Waals surface area contributed by atoms with Gasteiger partial charge in [0, 0.05) is 13.0 Å². The minimum atomic E-state index is 0.196. The van der Waals surface area contributed by atoms with Crippen LogP contribution in [0.15, 0.2) is 11.1 Å². The van der Waals surface area contributed by atoms with Crippen molar-refractivity contribution in [2.45, 2.75) is 33.1 Å². The van der Waals surface area contributed by atoms with Crippen LogP contribution in [0.2, 0.25) is 0 Å². The van der Waals surface area contributed by atoms with Crippen LogP contribution in [-0.4, -0.2) is 13.0 Å². The van der Waals surface area contributed by atoms with Gasteiger partial charge in [0.05, 0.1) is 0 Å². The minimum Gasteiger partial charge on any atom is -0.359 e. The standard InChI is InChI=1S/C10H17NO/c1-7-4-5-9(6-8(7)2)10(12)11-3/h9H,4-6H2,1-3H3,(H,11,12). The second-order valence-corrected chi connectivity index (χ2v) is 3.61. The molecule has 1 atom stereocenters. The molecule has 0 aliphatic heterocycles. The van der Waals surface area contributed by atoms with Crippen molar-refractivity contribution in [3.8, 4) is 0 Å². The van der Waals surface area contributed by atoms with Crippen LogP contribution in [0.3, 0.4) is 0 Å². The molecular formula is C10H17NO. The summed E-state index contributed by atoms with van der Waals surface area (Å²) in [5, 5.41) is 2.71. The minimum absolute atomic E-state index is 0.196. The van der Waals surface area contributed by atoms with Crippen molar-refractivity contribution >= 4 is 5.91 Å². The lowest BCUT2D eigenvalue weighted by Crippen LogP contribution is -2.29. The van der Waals surface area contributed by atoms with E-state index in [1.54, 1.807) is 7.05 Å². The first kappa shape index (κ1) is 9.30. The maximum Gasteiger partial charge on any atom is 0.223 e. The Morgan fingerprint density at radius 3 is 2.58 bits per heavy atom. The summed E-state index contributed by atoms with van der Waals surface area (Å²) in [4.78, 5) is 11.3. The predicted molar refractivity (Wildman–Crippen MR) is 49.8 cm³/mol. The fraction of sp³-hybridized carbons (Fsp3) is 0.700. The second kappa shape index (κ2) is 3.74. The molecule has 0 saturated carbocycles. The highest BCUT2D eigenvalue weighted by Crippen LogP contribution is 2.28. The molecule has 12 heavy (non-hydrogen) atoms. The fourth-order valence-corrected chi connectivity index (χ4v) is 1.68. The summed E-state index contributed by atoms with van der Waals surface area (Å²) >= 11 is 0. The molecule has 0 spiro atoms. The van der Waals surface area contributed by atoms with E-state index >= 15 is 0 Å². The number of nitrogens with one attached hydrogen (secondary N) is 1. The lowest BCUT2D eigenvalue weighted by atomic mass is 9.85. The van der Waals surface area contributed by atoms with E-state index in [-0.39, 0.29) is 11.8 Å². The van der Waals surface area contributed by atoms with Crippen LogP contribution < -0.4 is 5.32 Å². The molecule has 0 aromatic heterocycles. The molecule has 0 aromatic rings. The molecule has 0 radical (unpaired) electrons. The van der Waals surface area contributed by atoms with E-state index in [1.807, 2.05) is 0 Å². The first-order valence-electron chi connectivity index (χ1n) is 4.52. The molecular weight excluding hydrogens is 150 g/mol. The second-order valence-electron chi connectivity index (χ2n) is 3.61. The van der Waals surface area contributed by atoms with Crippen molar-refractivity contribution in [3.63, 3.8) is 0 Å². The van der Waals surface area contributed by atoms with Gasteiger partial charge in [0.1, 0.15) is 0 Å². The number of amides is 1. The topological polar surface area (TPSA) is 29.1 Å². The first-order chi connectivity index (χ1) is 5.65. The molecule has 0 aromatic carbocycles. The summed E-state index contributed by atoms with van der Waals surface area (Å²) in [6.07, 6.45) is 3.05. The summed E-state index contributed by atoms with van der Waals surface area (Å²) in [5.41, 5.74) is 2.87. The van der Waals surface area contributed by atoms with Crippen LogP contribution in [0, 0.1) is 5.92 Å². The molecule has 0 saturated heterocycles. The van der Waals surface area contributed by atoms with Crippen LogP contribution >= 0.6 is 0 Å². The molecule has 0 bridgehead atoms. The lowest BCUT2D eigenvalue weighted by Gasteiger charge is -2.22. The van der Waals surface area contributed by atoms with Gasteiger partial charge in [-0.3, -0.25) is 4.79 Å². The van der Waals surface area contributed by atoms with Gasteiger partial charge in [-0.1, -0.05) is 11.1 Å². The fourth-order valence-electron chi connectivity index (χ4n) is 1.68. The Kier molecular flexibility index (Phi) is 2.90. The molecule has 68 valence electrons. The van der Waals surface area contributed by atoms with Gasteiger partial charge in [-0.2, -0.15) is 0 Å². The van der Waals surface area contributed by atoms with Crippen molar-refractivity contribution in [1.29, 1.82) is 0 Å². The molecule has 0 fully saturated rings. The molecule has 1 unspecified atom stereocenters. The zero-order chi connectivity index (χ0) is 9.14. The maximum absolute atomic E-state index is 11.3. The average molecular weight is 167 g/mol. The highest BCUT2D eigenvalue weighted by molar-refractivity contribution is 5.78. The van der Waals surface area contributed by atoms with E-state index in [9.17, 15) is 4.79 Å². The van der Waals surface area contributed by atoms with Crippen molar-refractivity contribution in [2.75, 3.05) is 7.05 Å². The van der Waals surface area contributed by atoms with Crippen LogP contribution in [0.1, 0.15) is 33.1 Å². The third kappa shape index (κ3) is 1.87. The van der Waals surface area contributed by atoms with E-state index in [0.29, 0.717) is 0 Å². The number of carbonyl (C=O) groups excluding carboxylic acids is 1.